The van der Waals surface area contributed by atoms with Gasteiger partial charge in [-0.15, -0.1) is 0 Å². The Morgan fingerprint density at radius 1 is 1.48 bits per heavy atom. The summed E-state index contributed by atoms with van der Waals surface area (Å²) < 4.78 is 4.59. The first-order chi connectivity index (χ1) is 9.99. The predicted molar refractivity (Wildman–Crippen MR) is 78.5 cm³/mol. The minimum atomic E-state index is -0.612. The molecule has 0 saturated carbocycles. The summed E-state index contributed by atoms with van der Waals surface area (Å²) in [5.74, 6) is 0.554. The quantitative estimate of drug-likeness (QED) is 0.798. The maximum atomic E-state index is 12.7. The van der Waals surface area contributed by atoms with E-state index in [4.69, 9.17) is 0 Å². The SMILES string of the molecule is CCCN(Cc1ncc[nH]1)C(=O)[C@@H](NC(=O)OC)C(C)C. The first-order valence-electron chi connectivity index (χ1n) is 7.11. The molecule has 21 heavy (non-hydrogen) atoms. The zero-order valence-electron chi connectivity index (χ0n) is 13.0. The number of H-pyrrole nitrogens is 1. The van der Waals surface area contributed by atoms with Gasteiger partial charge in [0.1, 0.15) is 11.9 Å². The van der Waals surface area contributed by atoms with Crippen LogP contribution in [0.3, 0.4) is 0 Å². The van der Waals surface area contributed by atoms with Gasteiger partial charge in [-0.25, -0.2) is 9.78 Å². The highest BCUT2D eigenvalue weighted by atomic mass is 16.5. The highest BCUT2D eigenvalue weighted by molar-refractivity contribution is 5.85. The Morgan fingerprint density at radius 2 is 2.19 bits per heavy atom. The van der Waals surface area contributed by atoms with Crippen LogP contribution in [-0.2, 0) is 16.1 Å². The van der Waals surface area contributed by atoms with E-state index in [1.165, 1.54) is 7.11 Å². The number of amides is 2. The Kier molecular flexibility index (Phi) is 6.71. The average Bonchev–Trinajstić information content (AvgIpc) is 2.96. The van der Waals surface area contributed by atoms with Crippen LogP contribution >= 0.6 is 0 Å². The summed E-state index contributed by atoms with van der Waals surface area (Å²) in [5.41, 5.74) is 0. The molecule has 118 valence electrons. The van der Waals surface area contributed by atoms with E-state index < -0.39 is 12.1 Å². The maximum Gasteiger partial charge on any atom is 0.407 e. The summed E-state index contributed by atoms with van der Waals surface area (Å²) in [6.45, 7) is 6.77. The van der Waals surface area contributed by atoms with Gasteiger partial charge in [0.2, 0.25) is 5.91 Å². The minimum absolute atomic E-state index is 0.0347. The van der Waals surface area contributed by atoms with Gasteiger partial charge in [-0.05, 0) is 12.3 Å². The molecule has 0 radical (unpaired) electrons. The number of nitrogens with one attached hydrogen (secondary N) is 2. The van der Waals surface area contributed by atoms with Crippen LogP contribution in [0.25, 0.3) is 0 Å². The lowest BCUT2D eigenvalue weighted by molar-refractivity contribution is -0.135. The van der Waals surface area contributed by atoms with Crippen LogP contribution in [-0.4, -0.2) is 46.6 Å². The molecule has 2 amide bonds. The third-order valence-electron chi connectivity index (χ3n) is 3.09. The summed E-state index contributed by atoms with van der Waals surface area (Å²) in [5, 5.41) is 2.60. The number of rotatable bonds is 7. The Morgan fingerprint density at radius 3 is 2.67 bits per heavy atom. The second-order valence-electron chi connectivity index (χ2n) is 5.15. The number of methoxy groups -OCH3 is 1. The van der Waals surface area contributed by atoms with E-state index in [0.29, 0.717) is 13.1 Å². The summed E-state index contributed by atoms with van der Waals surface area (Å²) in [7, 11) is 1.28. The molecule has 0 aliphatic heterocycles. The van der Waals surface area contributed by atoms with Crippen molar-refractivity contribution in [1.82, 2.24) is 20.2 Å². The van der Waals surface area contributed by atoms with Crippen LogP contribution < -0.4 is 5.32 Å². The summed E-state index contributed by atoms with van der Waals surface area (Å²) >= 11 is 0. The molecule has 0 aromatic carbocycles. The van der Waals surface area contributed by atoms with Gasteiger partial charge in [0.05, 0.1) is 13.7 Å². The Hall–Kier alpha value is -2.05. The van der Waals surface area contributed by atoms with Crippen molar-refractivity contribution in [3.63, 3.8) is 0 Å². The number of carbonyl (C=O) groups excluding carboxylic acids is 2. The van der Waals surface area contributed by atoms with Gasteiger partial charge in [0.15, 0.2) is 0 Å². The van der Waals surface area contributed by atoms with Gasteiger partial charge < -0.3 is 19.9 Å². The largest absolute Gasteiger partial charge is 0.453 e. The van der Waals surface area contributed by atoms with Crippen molar-refractivity contribution in [1.29, 1.82) is 0 Å². The van der Waals surface area contributed by atoms with Crippen molar-refractivity contribution in [2.75, 3.05) is 13.7 Å². The molecule has 1 atom stereocenters. The molecule has 2 N–H and O–H groups in total. The topological polar surface area (TPSA) is 87.3 Å². The molecule has 1 rings (SSSR count). The van der Waals surface area contributed by atoms with Crippen LogP contribution in [0.2, 0.25) is 0 Å². The van der Waals surface area contributed by atoms with Crippen molar-refractivity contribution >= 4 is 12.0 Å². The van der Waals surface area contributed by atoms with E-state index >= 15 is 0 Å². The number of imidazole rings is 1. The van der Waals surface area contributed by atoms with E-state index in [1.54, 1.807) is 17.3 Å². The number of carbonyl (C=O) groups is 2. The number of aromatic nitrogens is 2. The molecule has 7 heteroatoms. The molecule has 1 heterocycles. The van der Waals surface area contributed by atoms with Crippen LogP contribution in [0.4, 0.5) is 4.79 Å². The second-order valence-corrected chi connectivity index (χ2v) is 5.15. The van der Waals surface area contributed by atoms with E-state index in [9.17, 15) is 9.59 Å². The third kappa shape index (κ3) is 5.09. The zero-order valence-corrected chi connectivity index (χ0v) is 13.0. The first kappa shape index (κ1) is 17.0. The zero-order chi connectivity index (χ0) is 15.8. The summed E-state index contributed by atoms with van der Waals surface area (Å²) in [4.78, 5) is 32.9. The van der Waals surface area contributed by atoms with Crippen LogP contribution in [0, 0.1) is 5.92 Å². The number of alkyl carbamates (subject to hydrolysis) is 1. The number of nitrogens with zero attached hydrogens (tertiary/aromatic N) is 2. The third-order valence-corrected chi connectivity index (χ3v) is 3.09. The maximum absolute atomic E-state index is 12.7. The summed E-state index contributed by atoms with van der Waals surface area (Å²) in [6, 6.07) is -0.612. The molecule has 1 aromatic rings. The molecule has 1 aromatic heterocycles. The van der Waals surface area contributed by atoms with E-state index in [1.807, 2.05) is 20.8 Å². The van der Waals surface area contributed by atoms with E-state index in [0.717, 1.165) is 12.2 Å². The van der Waals surface area contributed by atoms with Crippen molar-refractivity contribution in [2.45, 2.75) is 39.8 Å². The molecule has 0 aliphatic carbocycles. The molecule has 0 spiro atoms. The van der Waals surface area contributed by atoms with Gasteiger partial charge in [-0.2, -0.15) is 0 Å². The molecular weight excluding hydrogens is 272 g/mol. The Bertz CT molecular complexity index is 445. The van der Waals surface area contributed by atoms with Crippen molar-refractivity contribution < 1.29 is 14.3 Å². The van der Waals surface area contributed by atoms with Gasteiger partial charge in [-0.3, -0.25) is 4.79 Å². The van der Waals surface area contributed by atoms with Crippen LogP contribution in [0.1, 0.15) is 33.0 Å². The number of ether oxygens (including phenoxy) is 1. The van der Waals surface area contributed by atoms with Gasteiger partial charge in [-0.1, -0.05) is 20.8 Å². The van der Waals surface area contributed by atoms with Gasteiger partial charge in [0, 0.05) is 18.9 Å². The number of hydrogen-bond donors (Lipinski definition) is 2. The monoisotopic (exact) mass is 296 g/mol. The Balaban J connectivity index is 2.82. The lowest BCUT2D eigenvalue weighted by atomic mass is 10.0. The smallest absolute Gasteiger partial charge is 0.407 e. The molecule has 0 bridgehead atoms. The lowest BCUT2D eigenvalue weighted by Gasteiger charge is -2.28. The van der Waals surface area contributed by atoms with Crippen LogP contribution in [0.15, 0.2) is 12.4 Å². The molecule has 0 saturated heterocycles. The fourth-order valence-electron chi connectivity index (χ4n) is 2.00. The van der Waals surface area contributed by atoms with E-state index in [2.05, 4.69) is 20.0 Å². The fourth-order valence-corrected chi connectivity index (χ4v) is 2.00. The van der Waals surface area contributed by atoms with Gasteiger partial charge in [0.25, 0.3) is 0 Å². The first-order valence-corrected chi connectivity index (χ1v) is 7.11. The standard InChI is InChI=1S/C14H24N4O3/c1-5-8-18(9-11-15-6-7-16-11)13(19)12(10(2)3)17-14(20)21-4/h6-7,10,12H,5,8-9H2,1-4H3,(H,15,16)(H,17,20)/t12-/m0/s1. The molecule has 0 unspecified atom stereocenters. The normalized spacial score (nSPS) is 12.0. The second kappa shape index (κ2) is 8.28. The molecule has 0 fully saturated rings. The average molecular weight is 296 g/mol. The number of hydrogen-bond acceptors (Lipinski definition) is 4. The van der Waals surface area contributed by atoms with Crippen molar-refractivity contribution in [3.8, 4) is 0 Å². The fraction of sp³-hybridized carbons (Fsp3) is 0.643. The highest BCUT2D eigenvalue weighted by Crippen LogP contribution is 2.10. The van der Waals surface area contributed by atoms with Crippen molar-refractivity contribution in [2.24, 2.45) is 5.92 Å². The molecule has 7 nitrogen and oxygen atoms in total. The number of aromatic amines is 1. The lowest BCUT2D eigenvalue weighted by Crippen LogP contribution is -2.51. The molecular formula is C14H24N4O3. The summed E-state index contributed by atoms with van der Waals surface area (Å²) in [6.07, 6.45) is 3.60. The highest BCUT2D eigenvalue weighted by Gasteiger charge is 2.29. The Labute approximate surface area is 125 Å². The van der Waals surface area contributed by atoms with Gasteiger partial charge >= 0.3 is 6.09 Å². The van der Waals surface area contributed by atoms with E-state index in [-0.39, 0.29) is 11.8 Å². The molecule has 0 aliphatic rings. The van der Waals surface area contributed by atoms with Crippen LogP contribution in [0.5, 0.6) is 0 Å². The van der Waals surface area contributed by atoms with Crippen molar-refractivity contribution in [3.05, 3.63) is 18.2 Å². The predicted octanol–water partition coefficient (Wildman–Crippen LogP) is 1.53. The minimum Gasteiger partial charge on any atom is -0.453 e.